The molecule has 0 saturated carbocycles. The molecule has 1 amide bonds. The van der Waals surface area contributed by atoms with Crippen LogP contribution in [-0.4, -0.2) is 23.5 Å². The van der Waals surface area contributed by atoms with E-state index in [2.05, 4.69) is 19.2 Å². The molecule has 4 nitrogen and oxygen atoms in total. The summed E-state index contributed by atoms with van der Waals surface area (Å²) in [6, 6.07) is 6.83. The van der Waals surface area contributed by atoms with E-state index in [4.69, 9.17) is 5.11 Å². The second kappa shape index (κ2) is 7.56. The number of carbonyl (C=O) groups is 2. The molecule has 0 aliphatic rings. The van der Waals surface area contributed by atoms with Gasteiger partial charge in [-0.05, 0) is 30.4 Å². The lowest BCUT2D eigenvalue weighted by Crippen LogP contribution is -2.26. The molecule has 0 unspecified atom stereocenters. The summed E-state index contributed by atoms with van der Waals surface area (Å²) in [5.74, 6) is -0.503. The number of amides is 1. The van der Waals surface area contributed by atoms with E-state index in [0.29, 0.717) is 23.6 Å². The predicted molar refractivity (Wildman–Crippen MR) is 74.2 cm³/mol. The molecule has 1 aromatic rings. The number of hydrogen-bond acceptors (Lipinski definition) is 2. The number of carboxylic acid groups (broad SMARTS) is 1. The Balaban J connectivity index is 2.58. The van der Waals surface area contributed by atoms with E-state index in [-0.39, 0.29) is 12.3 Å². The first kappa shape index (κ1) is 15.2. The van der Waals surface area contributed by atoms with Crippen LogP contribution in [0, 0.1) is 5.92 Å². The van der Waals surface area contributed by atoms with E-state index >= 15 is 0 Å². The Labute approximate surface area is 113 Å². The standard InChI is InChI=1S/C15H21NO3/c1-11(2)6-5-9-16-15(19)13-8-4-3-7-12(13)10-14(17)18/h3-4,7-8,11H,5-6,9-10H2,1-2H3,(H,16,19)(H,17,18). The lowest BCUT2D eigenvalue weighted by molar-refractivity contribution is -0.136. The molecular formula is C15H21NO3. The van der Waals surface area contributed by atoms with Gasteiger partial charge in [-0.3, -0.25) is 9.59 Å². The Morgan fingerprint density at radius 3 is 2.58 bits per heavy atom. The molecule has 1 aromatic carbocycles. The topological polar surface area (TPSA) is 66.4 Å². The Kier molecular flexibility index (Phi) is 6.06. The monoisotopic (exact) mass is 263 g/mol. The van der Waals surface area contributed by atoms with Crippen molar-refractivity contribution in [1.29, 1.82) is 0 Å². The highest BCUT2D eigenvalue weighted by atomic mass is 16.4. The minimum atomic E-state index is -0.931. The summed E-state index contributed by atoms with van der Waals surface area (Å²) in [5, 5.41) is 11.7. The second-order valence-electron chi connectivity index (χ2n) is 5.02. The van der Waals surface area contributed by atoms with Gasteiger partial charge < -0.3 is 10.4 Å². The third kappa shape index (κ3) is 5.55. The molecule has 4 heteroatoms. The molecular weight excluding hydrogens is 242 g/mol. The maximum atomic E-state index is 12.0. The number of nitrogens with one attached hydrogen (secondary N) is 1. The van der Waals surface area contributed by atoms with E-state index in [1.54, 1.807) is 24.3 Å². The molecule has 104 valence electrons. The van der Waals surface area contributed by atoms with Crippen LogP contribution in [0.2, 0.25) is 0 Å². The third-order valence-electron chi connectivity index (χ3n) is 2.85. The molecule has 0 spiro atoms. The largest absolute Gasteiger partial charge is 0.481 e. The van der Waals surface area contributed by atoms with Crippen LogP contribution in [-0.2, 0) is 11.2 Å². The number of aliphatic carboxylic acids is 1. The zero-order valence-corrected chi connectivity index (χ0v) is 11.5. The smallest absolute Gasteiger partial charge is 0.307 e. The zero-order chi connectivity index (χ0) is 14.3. The van der Waals surface area contributed by atoms with Crippen molar-refractivity contribution in [2.24, 2.45) is 5.92 Å². The normalized spacial score (nSPS) is 10.5. The number of benzene rings is 1. The van der Waals surface area contributed by atoms with Gasteiger partial charge in [-0.25, -0.2) is 0 Å². The molecule has 0 radical (unpaired) electrons. The van der Waals surface area contributed by atoms with Crippen molar-refractivity contribution in [3.63, 3.8) is 0 Å². The average molecular weight is 263 g/mol. The van der Waals surface area contributed by atoms with Crippen LogP contribution in [0.25, 0.3) is 0 Å². The summed E-state index contributed by atoms with van der Waals surface area (Å²) < 4.78 is 0. The van der Waals surface area contributed by atoms with Gasteiger partial charge in [-0.2, -0.15) is 0 Å². The molecule has 2 N–H and O–H groups in total. The van der Waals surface area contributed by atoms with Crippen LogP contribution < -0.4 is 5.32 Å². The van der Waals surface area contributed by atoms with Crippen LogP contribution in [0.3, 0.4) is 0 Å². The minimum absolute atomic E-state index is 0.129. The van der Waals surface area contributed by atoms with Crippen LogP contribution in [0.1, 0.15) is 42.6 Å². The number of carbonyl (C=O) groups excluding carboxylic acids is 1. The summed E-state index contributed by atoms with van der Waals surface area (Å²) in [4.78, 5) is 22.7. The van der Waals surface area contributed by atoms with Gasteiger partial charge in [-0.1, -0.05) is 32.0 Å². The molecule has 0 saturated heterocycles. The highest BCUT2D eigenvalue weighted by Gasteiger charge is 2.12. The van der Waals surface area contributed by atoms with Crippen molar-refractivity contribution in [3.05, 3.63) is 35.4 Å². The third-order valence-corrected chi connectivity index (χ3v) is 2.85. The lowest BCUT2D eigenvalue weighted by atomic mass is 10.0. The molecule has 0 aliphatic heterocycles. The van der Waals surface area contributed by atoms with E-state index in [9.17, 15) is 9.59 Å². The van der Waals surface area contributed by atoms with Gasteiger partial charge in [0.2, 0.25) is 0 Å². The van der Waals surface area contributed by atoms with Gasteiger partial charge in [0.15, 0.2) is 0 Å². The maximum absolute atomic E-state index is 12.0. The van der Waals surface area contributed by atoms with Crippen molar-refractivity contribution in [1.82, 2.24) is 5.32 Å². The Morgan fingerprint density at radius 2 is 1.95 bits per heavy atom. The lowest BCUT2D eigenvalue weighted by Gasteiger charge is -2.09. The summed E-state index contributed by atoms with van der Waals surface area (Å²) >= 11 is 0. The van der Waals surface area contributed by atoms with E-state index in [1.807, 2.05) is 0 Å². The molecule has 0 aliphatic carbocycles. The molecule has 0 bridgehead atoms. The van der Waals surface area contributed by atoms with Gasteiger partial charge in [0, 0.05) is 12.1 Å². The number of hydrogen-bond donors (Lipinski definition) is 2. The molecule has 0 fully saturated rings. The first-order valence-corrected chi connectivity index (χ1v) is 6.58. The van der Waals surface area contributed by atoms with Gasteiger partial charge in [-0.15, -0.1) is 0 Å². The fraction of sp³-hybridized carbons (Fsp3) is 0.467. The highest BCUT2D eigenvalue weighted by Crippen LogP contribution is 2.10. The maximum Gasteiger partial charge on any atom is 0.307 e. The van der Waals surface area contributed by atoms with Crippen molar-refractivity contribution in [2.75, 3.05) is 6.54 Å². The van der Waals surface area contributed by atoms with Crippen LogP contribution >= 0.6 is 0 Å². The van der Waals surface area contributed by atoms with Gasteiger partial charge in [0.1, 0.15) is 0 Å². The SMILES string of the molecule is CC(C)CCCNC(=O)c1ccccc1CC(=O)O. The van der Waals surface area contributed by atoms with Gasteiger partial charge in [0.05, 0.1) is 6.42 Å². The van der Waals surface area contributed by atoms with E-state index in [0.717, 1.165) is 12.8 Å². The summed E-state index contributed by atoms with van der Waals surface area (Å²) in [6.45, 7) is 4.91. The fourth-order valence-electron chi connectivity index (χ4n) is 1.87. The Hall–Kier alpha value is -1.84. The predicted octanol–water partition coefficient (Wildman–Crippen LogP) is 2.48. The van der Waals surface area contributed by atoms with E-state index < -0.39 is 5.97 Å². The first-order valence-electron chi connectivity index (χ1n) is 6.58. The molecule has 1 rings (SSSR count). The van der Waals surface area contributed by atoms with Crippen molar-refractivity contribution in [3.8, 4) is 0 Å². The van der Waals surface area contributed by atoms with Crippen LogP contribution in [0.15, 0.2) is 24.3 Å². The van der Waals surface area contributed by atoms with E-state index in [1.165, 1.54) is 0 Å². The summed E-state index contributed by atoms with van der Waals surface area (Å²) in [5.41, 5.74) is 1.01. The van der Waals surface area contributed by atoms with Crippen molar-refractivity contribution < 1.29 is 14.7 Å². The molecule has 0 aromatic heterocycles. The van der Waals surface area contributed by atoms with Gasteiger partial charge >= 0.3 is 5.97 Å². The Bertz CT molecular complexity index is 441. The zero-order valence-electron chi connectivity index (χ0n) is 11.5. The fourth-order valence-corrected chi connectivity index (χ4v) is 1.87. The van der Waals surface area contributed by atoms with Gasteiger partial charge in [0.25, 0.3) is 5.91 Å². The first-order chi connectivity index (χ1) is 9.00. The molecule has 0 heterocycles. The second-order valence-corrected chi connectivity index (χ2v) is 5.02. The highest BCUT2D eigenvalue weighted by molar-refractivity contribution is 5.96. The summed E-state index contributed by atoms with van der Waals surface area (Å²) in [6.07, 6.45) is 1.87. The number of carboxylic acids is 1. The quantitative estimate of drug-likeness (QED) is 0.743. The molecule has 19 heavy (non-hydrogen) atoms. The molecule has 0 atom stereocenters. The number of rotatable bonds is 7. The van der Waals surface area contributed by atoms with Crippen molar-refractivity contribution >= 4 is 11.9 Å². The summed E-state index contributed by atoms with van der Waals surface area (Å²) in [7, 11) is 0. The van der Waals surface area contributed by atoms with Crippen LogP contribution in [0.5, 0.6) is 0 Å². The average Bonchev–Trinajstić information content (AvgIpc) is 2.34. The van der Waals surface area contributed by atoms with Crippen LogP contribution in [0.4, 0.5) is 0 Å². The minimum Gasteiger partial charge on any atom is -0.481 e. The van der Waals surface area contributed by atoms with Crippen molar-refractivity contribution in [2.45, 2.75) is 33.1 Å². The Morgan fingerprint density at radius 1 is 1.26 bits per heavy atom.